The first-order valence-corrected chi connectivity index (χ1v) is 11.7. The van der Waals surface area contributed by atoms with Crippen LogP contribution in [-0.2, 0) is 21.2 Å². The van der Waals surface area contributed by atoms with Gasteiger partial charge in [-0.05, 0) is 49.1 Å². The van der Waals surface area contributed by atoms with Crippen molar-refractivity contribution in [1.82, 2.24) is 9.62 Å². The van der Waals surface area contributed by atoms with Crippen LogP contribution in [0, 0.1) is 0 Å². The normalized spacial score (nSPS) is 18.9. The highest BCUT2D eigenvalue weighted by Gasteiger charge is 2.39. The summed E-state index contributed by atoms with van der Waals surface area (Å²) in [5.41, 5.74) is 1.01. The van der Waals surface area contributed by atoms with Gasteiger partial charge in [-0.3, -0.25) is 4.79 Å². The number of carbonyl (C=O) groups is 1. The minimum Gasteiger partial charge on any atom is -0.486 e. The lowest BCUT2D eigenvalue weighted by Crippen LogP contribution is -2.46. The number of carbonyl (C=O) groups excluding carboxylic acids is 1. The highest BCUT2D eigenvalue weighted by Crippen LogP contribution is 2.34. The Labute approximate surface area is 181 Å². The molecule has 160 valence electrons. The zero-order chi connectivity index (χ0) is 21.1. The molecule has 0 spiro atoms. The molecule has 1 atom stereocenters. The van der Waals surface area contributed by atoms with Crippen LogP contribution < -0.4 is 14.8 Å². The Hall–Kier alpha value is -2.29. The summed E-state index contributed by atoms with van der Waals surface area (Å²) in [6, 6.07) is 11.3. The Bertz CT molecular complexity index is 1040. The highest BCUT2D eigenvalue weighted by molar-refractivity contribution is 7.89. The van der Waals surface area contributed by atoms with Crippen molar-refractivity contribution in [3.63, 3.8) is 0 Å². The van der Waals surface area contributed by atoms with Gasteiger partial charge in [0.2, 0.25) is 15.9 Å². The summed E-state index contributed by atoms with van der Waals surface area (Å²) in [4.78, 5) is 12.8. The minimum absolute atomic E-state index is 0.102. The van der Waals surface area contributed by atoms with Crippen LogP contribution in [0.25, 0.3) is 0 Å². The zero-order valence-electron chi connectivity index (χ0n) is 16.3. The predicted molar refractivity (Wildman–Crippen MR) is 113 cm³/mol. The van der Waals surface area contributed by atoms with E-state index < -0.39 is 16.1 Å². The summed E-state index contributed by atoms with van der Waals surface area (Å²) < 4.78 is 38.7. The molecular formula is C21H23ClN2O5S. The number of hydrogen-bond acceptors (Lipinski definition) is 5. The van der Waals surface area contributed by atoms with Crippen LogP contribution in [-0.4, -0.2) is 51.0 Å². The van der Waals surface area contributed by atoms with E-state index in [-0.39, 0.29) is 10.8 Å². The van der Waals surface area contributed by atoms with E-state index >= 15 is 0 Å². The maximum atomic E-state index is 13.2. The molecule has 1 unspecified atom stereocenters. The van der Waals surface area contributed by atoms with Gasteiger partial charge in [-0.15, -0.1) is 0 Å². The van der Waals surface area contributed by atoms with E-state index in [9.17, 15) is 13.2 Å². The van der Waals surface area contributed by atoms with Crippen molar-refractivity contribution < 1.29 is 22.7 Å². The molecule has 0 bridgehead atoms. The van der Waals surface area contributed by atoms with Gasteiger partial charge in [0.25, 0.3) is 0 Å². The summed E-state index contributed by atoms with van der Waals surface area (Å²) in [5.74, 6) is 0.650. The Kier molecular flexibility index (Phi) is 6.17. The first-order chi connectivity index (χ1) is 14.4. The summed E-state index contributed by atoms with van der Waals surface area (Å²) in [7, 11) is -3.83. The maximum Gasteiger partial charge on any atom is 0.243 e. The average molecular weight is 451 g/mol. The van der Waals surface area contributed by atoms with Crippen molar-refractivity contribution in [2.24, 2.45) is 0 Å². The van der Waals surface area contributed by atoms with Crippen LogP contribution in [0.1, 0.15) is 18.4 Å². The fourth-order valence-corrected chi connectivity index (χ4v) is 5.63. The molecule has 2 heterocycles. The number of hydrogen-bond donors (Lipinski definition) is 1. The lowest BCUT2D eigenvalue weighted by Gasteiger charge is -2.24. The van der Waals surface area contributed by atoms with Crippen LogP contribution in [0.3, 0.4) is 0 Å². The number of fused-ring (bicyclic) bond motifs is 1. The van der Waals surface area contributed by atoms with Gasteiger partial charge in [-0.25, -0.2) is 8.42 Å². The third-order valence-electron chi connectivity index (χ3n) is 5.23. The summed E-state index contributed by atoms with van der Waals surface area (Å²) in [5, 5.41) is 3.51. The molecule has 1 fully saturated rings. The van der Waals surface area contributed by atoms with Crippen molar-refractivity contribution in [3.8, 4) is 11.5 Å². The summed E-state index contributed by atoms with van der Waals surface area (Å²) in [6.07, 6.45) is 1.75. The average Bonchev–Trinajstić information content (AvgIpc) is 3.24. The molecule has 2 aromatic rings. The van der Waals surface area contributed by atoms with Gasteiger partial charge in [0.1, 0.15) is 19.3 Å². The van der Waals surface area contributed by atoms with Crippen LogP contribution in [0.15, 0.2) is 47.4 Å². The molecular weight excluding hydrogens is 428 g/mol. The Balaban J connectivity index is 1.43. The standard InChI is InChI=1S/C21H23ClN2O5S/c22-16-4-1-3-15(13-16)8-9-23-21(25)18-5-2-10-24(18)30(26,27)17-6-7-19-20(14-17)29-12-11-28-19/h1,3-4,6-7,13-14,18H,2,5,8-12H2,(H,23,25). The van der Waals surface area contributed by atoms with Crippen LogP contribution in [0.5, 0.6) is 11.5 Å². The van der Waals surface area contributed by atoms with Gasteiger partial charge in [-0.2, -0.15) is 4.31 Å². The van der Waals surface area contributed by atoms with E-state index in [1.165, 1.54) is 16.4 Å². The molecule has 2 aliphatic heterocycles. The Morgan fingerprint density at radius 1 is 1.13 bits per heavy atom. The zero-order valence-corrected chi connectivity index (χ0v) is 17.9. The second-order valence-corrected chi connectivity index (χ2v) is 9.58. The second kappa shape index (κ2) is 8.83. The first kappa shape index (κ1) is 21.0. The number of sulfonamides is 1. The first-order valence-electron chi connectivity index (χ1n) is 9.89. The van der Waals surface area contributed by atoms with Crippen LogP contribution in [0.4, 0.5) is 0 Å². The number of benzene rings is 2. The van der Waals surface area contributed by atoms with E-state index in [1.54, 1.807) is 12.1 Å². The molecule has 2 aliphatic rings. The van der Waals surface area contributed by atoms with Crippen molar-refractivity contribution in [2.75, 3.05) is 26.3 Å². The highest BCUT2D eigenvalue weighted by atomic mass is 35.5. The van der Waals surface area contributed by atoms with E-state index in [1.807, 2.05) is 18.2 Å². The van der Waals surface area contributed by atoms with Gasteiger partial charge < -0.3 is 14.8 Å². The quantitative estimate of drug-likeness (QED) is 0.731. The van der Waals surface area contributed by atoms with Gasteiger partial charge in [0.15, 0.2) is 11.5 Å². The third kappa shape index (κ3) is 4.40. The Morgan fingerprint density at radius 2 is 1.93 bits per heavy atom. The SMILES string of the molecule is O=C(NCCc1cccc(Cl)c1)C1CCCN1S(=O)(=O)c1ccc2c(c1)OCCO2. The molecule has 0 aliphatic carbocycles. The number of halogens is 1. The Morgan fingerprint density at radius 3 is 2.73 bits per heavy atom. The summed E-state index contributed by atoms with van der Waals surface area (Å²) in [6.45, 7) is 1.53. The molecule has 7 nitrogen and oxygen atoms in total. The molecule has 0 saturated carbocycles. The van der Waals surface area contributed by atoms with E-state index in [0.717, 1.165) is 5.56 Å². The van der Waals surface area contributed by atoms with Crippen molar-refractivity contribution in [2.45, 2.75) is 30.2 Å². The maximum absolute atomic E-state index is 13.2. The number of ether oxygens (including phenoxy) is 2. The van der Waals surface area contributed by atoms with Gasteiger partial charge >= 0.3 is 0 Å². The fourth-order valence-electron chi connectivity index (χ4n) is 3.75. The smallest absolute Gasteiger partial charge is 0.243 e. The van der Waals surface area contributed by atoms with E-state index in [4.69, 9.17) is 21.1 Å². The molecule has 1 amide bonds. The largest absolute Gasteiger partial charge is 0.486 e. The van der Waals surface area contributed by atoms with E-state index in [0.29, 0.717) is 62.1 Å². The lowest BCUT2D eigenvalue weighted by molar-refractivity contribution is -0.124. The monoisotopic (exact) mass is 450 g/mol. The number of rotatable bonds is 6. The molecule has 0 radical (unpaired) electrons. The number of amides is 1. The summed E-state index contributed by atoms with van der Waals surface area (Å²) >= 11 is 5.98. The van der Waals surface area contributed by atoms with E-state index in [2.05, 4.69) is 5.32 Å². The number of nitrogens with one attached hydrogen (secondary N) is 1. The number of nitrogens with zero attached hydrogens (tertiary/aromatic N) is 1. The van der Waals surface area contributed by atoms with Crippen molar-refractivity contribution in [3.05, 3.63) is 53.1 Å². The van der Waals surface area contributed by atoms with Gasteiger partial charge in [-0.1, -0.05) is 23.7 Å². The lowest BCUT2D eigenvalue weighted by atomic mass is 10.1. The van der Waals surface area contributed by atoms with Crippen LogP contribution >= 0.6 is 11.6 Å². The molecule has 1 saturated heterocycles. The molecule has 0 aromatic heterocycles. The fraction of sp³-hybridized carbons (Fsp3) is 0.381. The van der Waals surface area contributed by atoms with Crippen molar-refractivity contribution >= 4 is 27.5 Å². The molecule has 4 rings (SSSR count). The second-order valence-electron chi connectivity index (χ2n) is 7.25. The third-order valence-corrected chi connectivity index (χ3v) is 7.37. The van der Waals surface area contributed by atoms with Crippen LogP contribution in [0.2, 0.25) is 5.02 Å². The van der Waals surface area contributed by atoms with Gasteiger partial charge in [0, 0.05) is 24.2 Å². The molecule has 9 heteroatoms. The van der Waals surface area contributed by atoms with Crippen molar-refractivity contribution in [1.29, 1.82) is 0 Å². The topological polar surface area (TPSA) is 84.9 Å². The molecule has 1 N–H and O–H groups in total. The molecule has 2 aromatic carbocycles. The molecule has 30 heavy (non-hydrogen) atoms. The van der Waals surface area contributed by atoms with Gasteiger partial charge in [0.05, 0.1) is 4.90 Å². The minimum atomic E-state index is -3.83. The predicted octanol–water partition coefficient (Wildman–Crippen LogP) is 2.62.